The minimum atomic E-state index is -5.67. The number of rotatable bonds is 10. The van der Waals surface area contributed by atoms with Crippen molar-refractivity contribution in [2.24, 2.45) is 0 Å². The topological polar surface area (TPSA) is 52.6 Å². The van der Waals surface area contributed by atoms with Crippen LogP contribution in [0.25, 0.3) is 11.1 Å². The van der Waals surface area contributed by atoms with Gasteiger partial charge in [0.2, 0.25) is 0 Å². The first-order valence-electron chi connectivity index (χ1n) is 9.50. The molecule has 0 aliphatic heterocycles. The van der Waals surface area contributed by atoms with E-state index in [1.165, 1.54) is 43.5 Å². The first-order chi connectivity index (χ1) is 13.6. The van der Waals surface area contributed by atoms with E-state index in [0.717, 1.165) is 24.2 Å². The lowest BCUT2D eigenvalue weighted by atomic mass is 10.1. The van der Waals surface area contributed by atoms with Gasteiger partial charge in [-0.2, -0.15) is 21.6 Å². The van der Waals surface area contributed by atoms with E-state index >= 15 is 0 Å². The van der Waals surface area contributed by atoms with Gasteiger partial charge in [0.1, 0.15) is 11.5 Å². The molecule has 0 saturated carbocycles. The summed E-state index contributed by atoms with van der Waals surface area (Å²) in [5.74, 6) is 0.343. The third-order valence-corrected chi connectivity index (χ3v) is 5.31. The van der Waals surface area contributed by atoms with Gasteiger partial charge < -0.3 is 8.92 Å². The molecular formula is C21H25F3O4S. The van der Waals surface area contributed by atoms with Crippen molar-refractivity contribution in [2.45, 2.75) is 57.6 Å². The molecule has 4 nitrogen and oxygen atoms in total. The molecule has 8 heteroatoms. The molecule has 0 saturated heterocycles. The van der Waals surface area contributed by atoms with Gasteiger partial charge in [-0.3, -0.25) is 0 Å². The van der Waals surface area contributed by atoms with E-state index in [9.17, 15) is 21.6 Å². The number of unbranched alkanes of at least 4 members (excludes halogenated alkanes) is 3. The van der Waals surface area contributed by atoms with Gasteiger partial charge in [-0.25, -0.2) is 0 Å². The third kappa shape index (κ3) is 6.96. The summed E-state index contributed by atoms with van der Waals surface area (Å²) in [6, 6.07) is 12.7. The number of benzene rings is 2. The van der Waals surface area contributed by atoms with E-state index in [2.05, 4.69) is 11.1 Å². The van der Waals surface area contributed by atoms with Gasteiger partial charge in [-0.15, -0.1) is 0 Å². The molecule has 1 unspecified atom stereocenters. The fourth-order valence-corrected chi connectivity index (χ4v) is 3.21. The predicted molar refractivity (Wildman–Crippen MR) is 106 cm³/mol. The van der Waals surface area contributed by atoms with Crippen LogP contribution in [0.4, 0.5) is 13.2 Å². The Morgan fingerprint density at radius 2 is 1.38 bits per heavy atom. The van der Waals surface area contributed by atoms with Crippen molar-refractivity contribution < 1.29 is 30.5 Å². The number of halogens is 3. The zero-order valence-corrected chi connectivity index (χ0v) is 17.2. The molecule has 2 aromatic rings. The Bertz CT molecular complexity index is 860. The summed E-state index contributed by atoms with van der Waals surface area (Å²) in [5.41, 5.74) is -3.94. The largest absolute Gasteiger partial charge is 0.534 e. The van der Waals surface area contributed by atoms with Crippen molar-refractivity contribution in [1.29, 1.82) is 0 Å². The maximum Gasteiger partial charge on any atom is 0.534 e. The lowest BCUT2D eigenvalue weighted by molar-refractivity contribution is -0.0500. The van der Waals surface area contributed by atoms with E-state index in [1.54, 1.807) is 0 Å². The van der Waals surface area contributed by atoms with E-state index in [4.69, 9.17) is 4.74 Å². The molecule has 0 amide bonds. The third-order valence-electron chi connectivity index (χ3n) is 4.33. The minimum Gasteiger partial charge on any atom is -0.491 e. The zero-order valence-electron chi connectivity index (χ0n) is 16.4. The normalized spacial score (nSPS) is 13.1. The summed E-state index contributed by atoms with van der Waals surface area (Å²) in [4.78, 5) is 0. The molecule has 2 aromatic carbocycles. The van der Waals surface area contributed by atoms with Gasteiger partial charge in [0, 0.05) is 0 Å². The van der Waals surface area contributed by atoms with E-state index in [-0.39, 0.29) is 6.10 Å². The fourth-order valence-electron chi connectivity index (χ4n) is 2.75. The molecule has 0 aliphatic rings. The molecule has 160 valence electrons. The standard InChI is InChI=1S/C21H25F3O4S/c1-3-4-5-6-7-16(2)27-19-12-8-17(9-13-19)18-10-14-20(15-11-18)28-29(25,26)21(22,23)24/h8-16H,3-7H2,1-2H3. The number of alkyl halides is 3. The molecule has 0 bridgehead atoms. The van der Waals surface area contributed by atoms with Crippen molar-refractivity contribution in [2.75, 3.05) is 0 Å². The maximum atomic E-state index is 12.4. The van der Waals surface area contributed by atoms with Crippen LogP contribution in [-0.2, 0) is 10.1 Å². The van der Waals surface area contributed by atoms with Crippen LogP contribution in [0.5, 0.6) is 11.5 Å². The molecule has 0 heterocycles. The van der Waals surface area contributed by atoms with Crippen LogP contribution in [0.1, 0.15) is 46.0 Å². The van der Waals surface area contributed by atoms with Crippen LogP contribution in [0.3, 0.4) is 0 Å². The van der Waals surface area contributed by atoms with Gasteiger partial charge in [-0.05, 0) is 55.2 Å². The Kier molecular flexibility index (Phi) is 7.96. The summed E-state index contributed by atoms with van der Waals surface area (Å²) >= 11 is 0. The van der Waals surface area contributed by atoms with Crippen LogP contribution in [0.15, 0.2) is 48.5 Å². The predicted octanol–water partition coefficient (Wildman–Crippen LogP) is 6.32. The number of hydrogen-bond donors (Lipinski definition) is 0. The second kappa shape index (κ2) is 10.0. The highest BCUT2D eigenvalue weighted by molar-refractivity contribution is 7.88. The first kappa shape index (κ1) is 23.1. The smallest absolute Gasteiger partial charge is 0.491 e. The van der Waals surface area contributed by atoms with Crippen LogP contribution in [0, 0.1) is 0 Å². The second-order valence-electron chi connectivity index (χ2n) is 6.81. The highest BCUT2D eigenvalue weighted by Crippen LogP contribution is 2.29. The van der Waals surface area contributed by atoms with Crippen LogP contribution >= 0.6 is 0 Å². The molecule has 0 N–H and O–H groups in total. The quantitative estimate of drug-likeness (QED) is 0.251. The van der Waals surface area contributed by atoms with Crippen molar-refractivity contribution >= 4 is 10.1 Å². The van der Waals surface area contributed by atoms with E-state index < -0.39 is 21.4 Å². The van der Waals surface area contributed by atoms with Gasteiger partial charge in [-0.1, -0.05) is 50.5 Å². The Hall–Kier alpha value is -2.22. The molecule has 2 rings (SSSR count). The lowest BCUT2D eigenvalue weighted by Crippen LogP contribution is -2.28. The Morgan fingerprint density at radius 1 is 0.862 bits per heavy atom. The lowest BCUT2D eigenvalue weighted by Gasteiger charge is -2.15. The molecule has 0 spiro atoms. The molecule has 1 atom stereocenters. The molecule has 0 radical (unpaired) electrons. The molecular weight excluding hydrogens is 405 g/mol. The minimum absolute atomic E-state index is 0.115. The van der Waals surface area contributed by atoms with Crippen molar-refractivity contribution in [3.05, 3.63) is 48.5 Å². The van der Waals surface area contributed by atoms with Crippen LogP contribution in [0.2, 0.25) is 0 Å². The van der Waals surface area contributed by atoms with Crippen LogP contribution < -0.4 is 8.92 Å². The highest BCUT2D eigenvalue weighted by atomic mass is 32.2. The fraction of sp³-hybridized carbons (Fsp3) is 0.429. The molecule has 0 aromatic heterocycles. The van der Waals surface area contributed by atoms with Gasteiger partial charge >= 0.3 is 15.6 Å². The SMILES string of the molecule is CCCCCCC(C)Oc1ccc(-c2ccc(OS(=O)(=O)C(F)(F)F)cc2)cc1. The van der Waals surface area contributed by atoms with Gasteiger partial charge in [0.05, 0.1) is 6.10 Å². The average Bonchev–Trinajstić information content (AvgIpc) is 2.65. The summed E-state index contributed by atoms with van der Waals surface area (Å²) in [6.45, 7) is 4.21. The van der Waals surface area contributed by atoms with E-state index in [1.807, 2.05) is 31.2 Å². The molecule has 29 heavy (non-hydrogen) atoms. The van der Waals surface area contributed by atoms with Crippen LogP contribution in [-0.4, -0.2) is 20.0 Å². The van der Waals surface area contributed by atoms with Crippen molar-refractivity contribution in [1.82, 2.24) is 0 Å². The molecule has 0 aliphatic carbocycles. The summed E-state index contributed by atoms with van der Waals surface area (Å²) in [5, 5.41) is 0. The van der Waals surface area contributed by atoms with Crippen molar-refractivity contribution in [3.63, 3.8) is 0 Å². The van der Waals surface area contributed by atoms with Gasteiger partial charge in [0.15, 0.2) is 0 Å². The number of hydrogen-bond acceptors (Lipinski definition) is 4. The highest BCUT2D eigenvalue weighted by Gasteiger charge is 2.48. The summed E-state index contributed by atoms with van der Waals surface area (Å²) < 4.78 is 69.2. The number of ether oxygens (including phenoxy) is 1. The van der Waals surface area contributed by atoms with E-state index in [0.29, 0.717) is 5.56 Å². The summed E-state index contributed by atoms with van der Waals surface area (Å²) in [7, 11) is -5.67. The zero-order chi connectivity index (χ0) is 21.5. The Labute approximate surface area is 169 Å². The Morgan fingerprint density at radius 3 is 1.86 bits per heavy atom. The second-order valence-corrected chi connectivity index (χ2v) is 8.35. The van der Waals surface area contributed by atoms with Gasteiger partial charge in [0.25, 0.3) is 0 Å². The monoisotopic (exact) mass is 430 g/mol. The Balaban J connectivity index is 1.96. The molecule has 0 fully saturated rings. The van der Waals surface area contributed by atoms with Crippen molar-refractivity contribution in [3.8, 4) is 22.6 Å². The summed E-state index contributed by atoms with van der Waals surface area (Å²) in [6.07, 6.45) is 5.86. The average molecular weight is 430 g/mol. The maximum absolute atomic E-state index is 12.4. The first-order valence-corrected chi connectivity index (χ1v) is 10.9.